The number of hydrogen-bond donors (Lipinski definition) is 2. The van der Waals surface area contributed by atoms with Gasteiger partial charge < -0.3 is 0 Å². The first-order chi connectivity index (χ1) is 8.72. The lowest BCUT2D eigenvalue weighted by atomic mass is 9.96. The molecule has 4 heteroatoms. The third-order valence-corrected chi connectivity index (χ3v) is 4.31. The number of benzene rings is 1. The molecule has 1 aromatic carbocycles. The van der Waals surface area contributed by atoms with Crippen molar-refractivity contribution in [3.8, 4) is 0 Å². The van der Waals surface area contributed by atoms with Gasteiger partial charge in [0.05, 0.1) is 6.04 Å². The van der Waals surface area contributed by atoms with Crippen LogP contribution in [0.1, 0.15) is 43.7 Å². The Labute approximate surface area is 122 Å². The Morgan fingerprint density at radius 2 is 2.11 bits per heavy atom. The molecular formula is C14H18BrClN2. The first kappa shape index (κ1) is 14.1. The number of halogens is 2. The minimum Gasteiger partial charge on any atom is -0.271 e. The van der Waals surface area contributed by atoms with Crippen LogP contribution in [0.5, 0.6) is 0 Å². The molecule has 0 fully saturated rings. The summed E-state index contributed by atoms with van der Waals surface area (Å²) in [5, 5.41) is 0.733. The van der Waals surface area contributed by atoms with Gasteiger partial charge in [-0.15, -0.1) is 0 Å². The van der Waals surface area contributed by atoms with E-state index >= 15 is 0 Å². The van der Waals surface area contributed by atoms with Crippen LogP contribution in [-0.2, 0) is 0 Å². The second-order valence-electron chi connectivity index (χ2n) is 4.64. The summed E-state index contributed by atoms with van der Waals surface area (Å²) in [5.41, 5.74) is 5.47. The van der Waals surface area contributed by atoms with Crippen molar-refractivity contribution in [1.82, 2.24) is 5.43 Å². The molecule has 0 spiro atoms. The molecule has 0 heterocycles. The van der Waals surface area contributed by atoms with Crippen molar-refractivity contribution >= 4 is 27.5 Å². The number of nitrogens with one attached hydrogen (secondary N) is 1. The Bertz CT molecular complexity index is 445. The van der Waals surface area contributed by atoms with Gasteiger partial charge >= 0.3 is 0 Å². The van der Waals surface area contributed by atoms with Crippen LogP contribution < -0.4 is 11.3 Å². The predicted octanol–water partition coefficient (Wildman–Crippen LogP) is 4.50. The van der Waals surface area contributed by atoms with E-state index in [2.05, 4.69) is 27.4 Å². The van der Waals surface area contributed by atoms with Crippen LogP contribution in [0.4, 0.5) is 0 Å². The van der Waals surface area contributed by atoms with Crippen molar-refractivity contribution in [3.05, 3.63) is 44.9 Å². The molecule has 98 valence electrons. The Morgan fingerprint density at radius 3 is 2.83 bits per heavy atom. The monoisotopic (exact) mass is 328 g/mol. The molecule has 1 aliphatic rings. The summed E-state index contributed by atoms with van der Waals surface area (Å²) in [4.78, 5) is 0. The van der Waals surface area contributed by atoms with Gasteiger partial charge in [-0.1, -0.05) is 51.7 Å². The maximum atomic E-state index is 5.98. The van der Waals surface area contributed by atoms with Gasteiger partial charge in [-0.2, -0.15) is 0 Å². The van der Waals surface area contributed by atoms with Crippen LogP contribution in [0.25, 0.3) is 0 Å². The molecule has 1 aromatic rings. The van der Waals surface area contributed by atoms with Crippen LogP contribution in [0, 0.1) is 0 Å². The van der Waals surface area contributed by atoms with E-state index in [1.807, 2.05) is 18.2 Å². The van der Waals surface area contributed by atoms with Crippen molar-refractivity contribution in [2.45, 2.75) is 38.1 Å². The topological polar surface area (TPSA) is 38.0 Å². The first-order valence-corrected chi connectivity index (χ1v) is 7.49. The fourth-order valence-electron chi connectivity index (χ4n) is 2.43. The highest BCUT2D eigenvalue weighted by Crippen LogP contribution is 2.33. The molecule has 1 atom stereocenters. The maximum Gasteiger partial charge on any atom is 0.0681 e. The number of allylic oxidation sites excluding steroid dienone is 1. The van der Waals surface area contributed by atoms with E-state index in [0.29, 0.717) is 0 Å². The molecule has 1 aliphatic carbocycles. The molecule has 0 radical (unpaired) electrons. The van der Waals surface area contributed by atoms with E-state index in [1.165, 1.54) is 24.8 Å². The van der Waals surface area contributed by atoms with Crippen LogP contribution in [0.2, 0.25) is 5.02 Å². The van der Waals surface area contributed by atoms with Crippen LogP contribution >= 0.6 is 27.5 Å². The normalized spacial score (nSPS) is 18.1. The lowest BCUT2D eigenvalue weighted by molar-refractivity contribution is 0.591. The van der Waals surface area contributed by atoms with Crippen molar-refractivity contribution in [3.63, 3.8) is 0 Å². The molecule has 0 saturated heterocycles. The fraction of sp³-hybridized carbons (Fsp3) is 0.429. The first-order valence-electron chi connectivity index (χ1n) is 6.32. The highest BCUT2D eigenvalue weighted by atomic mass is 79.9. The zero-order valence-electron chi connectivity index (χ0n) is 10.3. The van der Waals surface area contributed by atoms with E-state index in [1.54, 1.807) is 0 Å². The molecule has 0 aliphatic heterocycles. The van der Waals surface area contributed by atoms with E-state index < -0.39 is 0 Å². The van der Waals surface area contributed by atoms with Gasteiger partial charge in [0, 0.05) is 9.50 Å². The summed E-state index contributed by atoms with van der Waals surface area (Å²) >= 11 is 9.55. The number of hydrazine groups is 1. The van der Waals surface area contributed by atoms with Gasteiger partial charge in [0.15, 0.2) is 0 Å². The van der Waals surface area contributed by atoms with Crippen LogP contribution in [-0.4, -0.2) is 0 Å². The molecule has 0 bridgehead atoms. The van der Waals surface area contributed by atoms with E-state index in [-0.39, 0.29) is 6.04 Å². The van der Waals surface area contributed by atoms with Gasteiger partial charge in [-0.25, -0.2) is 5.43 Å². The second kappa shape index (κ2) is 6.71. The molecular weight excluding hydrogens is 312 g/mol. The molecule has 0 saturated carbocycles. The standard InChI is InChI=1S/C14H18BrClN2/c15-13-9-11(16)7-8-12(13)14(18-17)10-5-3-1-2-4-6-10/h5,7-9,14,18H,1-4,6,17H2. The zero-order chi connectivity index (χ0) is 13.0. The Morgan fingerprint density at radius 1 is 1.28 bits per heavy atom. The van der Waals surface area contributed by atoms with E-state index in [9.17, 15) is 0 Å². The van der Waals surface area contributed by atoms with Gasteiger partial charge in [0.2, 0.25) is 0 Å². The zero-order valence-corrected chi connectivity index (χ0v) is 12.6. The van der Waals surface area contributed by atoms with E-state index in [0.717, 1.165) is 27.9 Å². The largest absolute Gasteiger partial charge is 0.271 e. The summed E-state index contributed by atoms with van der Waals surface area (Å²) in [6, 6.07) is 5.93. The van der Waals surface area contributed by atoms with E-state index in [4.69, 9.17) is 17.4 Å². The molecule has 1 unspecified atom stereocenters. The summed E-state index contributed by atoms with van der Waals surface area (Å²) < 4.78 is 1.00. The van der Waals surface area contributed by atoms with Crippen LogP contribution in [0.15, 0.2) is 34.3 Å². The Hall–Kier alpha value is -0.350. The minimum absolute atomic E-state index is 0.0785. The maximum absolute atomic E-state index is 5.98. The molecule has 2 nitrogen and oxygen atoms in total. The number of nitrogens with two attached hydrogens (primary N) is 1. The third-order valence-electron chi connectivity index (χ3n) is 3.39. The Balaban J connectivity index is 2.29. The van der Waals surface area contributed by atoms with Crippen molar-refractivity contribution in [2.24, 2.45) is 5.84 Å². The average molecular weight is 330 g/mol. The smallest absolute Gasteiger partial charge is 0.0681 e. The highest BCUT2D eigenvalue weighted by molar-refractivity contribution is 9.10. The van der Waals surface area contributed by atoms with Crippen molar-refractivity contribution in [1.29, 1.82) is 0 Å². The molecule has 3 N–H and O–H groups in total. The molecule has 2 rings (SSSR count). The fourth-order valence-corrected chi connectivity index (χ4v) is 3.35. The van der Waals surface area contributed by atoms with Gasteiger partial charge in [-0.05, 0) is 43.4 Å². The SMILES string of the molecule is NNC(C1=CCCCCC1)c1ccc(Cl)cc1Br. The second-order valence-corrected chi connectivity index (χ2v) is 5.93. The molecule has 0 aromatic heterocycles. The van der Waals surface area contributed by atoms with Crippen LogP contribution in [0.3, 0.4) is 0 Å². The van der Waals surface area contributed by atoms with Gasteiger partial charge in [0.1, 0.15) is 0 Å². The highest BCUT2D eigenvalue weighted by Gasteiger charge is 2.18. The summed E-state index contributed by atoms with van der Waals surface area (Å²) in [6.07, 6.45) is 8.43. The lowest BCUT2D eigenvalue weighted by Crippen LogP contribution is -2.29. The van der Waals surface area contributed by atoms with Crippen molar-refractivity contribution in [2.75, 3.05) is 0 Å². The Kier molecular flexibility index (Phi) is 5.25. The number of hydrogen-bond acceptors (Lipinski definition) is 2. The van der Waals surface area contributed by atoms with Gasteiger partial charge in [-0.3, -0.25) is 5.84 Å². The van der Waals surface area contributed by atoms with Crippen molar-refractivity contribution < 1.29 is 0 Å². The quantitative estimate of drug-likeness (QED) is 0.487. The van der Waals surface area contributed by atoms with Gasteiger partial charge in [0.25, 0.3) is 0 Å². The molecule has 18 heavy (non-hydrogen) atoms. The molecule has 0 amide bonds. The predicted molar refractivity (Wildman–Crippen MR) is 80.4 cm³/mol. The number of rotatable bonds is 3. The summed E-state index contributed by atoms with van der Waals surface area (Å²) in [6.45, 7) is 0. The summed E-state index contributed by atoms with van der Waals surface area (Å²) in [5.74, 6) is 5.75. The average Bonchev–Trinajstić information content (AvgIpc) is 2.62. The minimum atomic E-state index is 0.0785. The lowest BCUT2D eigenvalue weighted by Gasteiger charge is -2.21. The third kappa shape index (κ3) is 3.35. The summed E-state index contributed by atoms with van der Waals surface area (Å²) in [7, 11) is 0.